The molecule has 2 N–H and O–H groups in total. The molecule has 0 saturated heterocycles. The molecular formula is C14H16ClN3O2. The lowest BCUT2D eigenvalue weighted by Gasteiger charge is -2.14. The van der Waals surface area contributed by atoms with Gasteiger partial charge in [0.1, 0.15) is 5.82 Å². The molecule has 0 amide bonds. The largest absolute Gasteiger partial charge is 0.465 e. The Kier molecular flexibility index (Phi) is 4.29. The Morgan fingerprint density at radius 2 is 2.25 bits per heavy atom. The summed E-state index contributed by atoms with van der Waals surface area (Å²) in [5, 5.41) is 0.390. The van der Waals surface area contributed by atoms with E-state index in [4.69, 9.17) is 22.1 Å². The number of aromatic nitrogens is 2. The summed E-state index contributed by atoms with van der Waals surface area (Å²) in [6.45, 7) is 2.06. The summed E-state index contributed by atoms with van der Waals surface area (Å²) >= 11 is 6.26. The third-order valence-electron chi connectivity index (χ3n) is 2.92. The number of hydrogen-bond donors (Lipinski definition) is 1. The van der Waals surface area contributed by atoms with E-state index in [0.717, 1.165) is 18.7 Å². The number of halogens is 1. The first-order chi connectivity index (χ1) is 9.58. The summed E-state index contributed by atoms with van der Waals surface area (Å²) in [5.74, 6) is 0.356. The molecule has 0 bridgehead atoms. The van der Waals surface area contributed by atoms with Gasteiger partial charge in [0.25, 0.3) is 0 Å². The number of nitrogens with two attached hydrogens (primary N) is 1. The summed E-state index contributed by atoms with van der Waals surface area (Å²) in [6.07, 6.45) is 5.18. The van der Waals surface area contributed by atoms with Gasteiger partial charge in [-0.05, 0) is 18.6 Å². The third kappa shape index (κ3) is 2.63. The predicted octanol–water partition coefficient (Wildman–Crippen LogP) is 2.85. The molecule has 2 aromatic rings. The molecule has 0 unspecified atom stereocenters. The Hall–Kier alpha value is -2.01. The molecule has 1 aromatic carbocycles. The number of nitrogens with zero attached hydrogens (tertiary/aromatic N) is 2. The van der Waals surface area contributed by atoms with Gasteiger partial charge in [0.15, 0.2) is 0 Å². The van der Waals surface area contributed by atoms with Crippen LogP contribution in [0.4, 0.5) is 5.69 Å². The number of esters is 1. The first-order valence-corrected chi connectivity index (χ1v) is 6.66. The maximum Gasteiger partial charge on any atom is 0.340 e. The molecule has 20 heavy (non-hydrogen) atoms. The van der Waals surface area contributed by atoms with E-state index in [1.807, 2.05) is 0 Å². The SMILES string of the molecule is CCCc1nccn1-c1c(Cl)cc(N)cc1C(=O)OC. The number of nitrogen functional groups attached to an aromatic ring is 1. The second-order valence-electron chi connectivity index (χ2n) is 4.35. The smallest absolute Gasteiger partial charge is 0.340 e. The number of methoxy groups -OCH3 is 1. The molecule has 0 aliphatic carbocycles. The van der Waals surface area contributed by atoms with Crippen molar-refractivity contribution in [1.82, 2.24) is 9.55 Å². The molecule has 106 valence electrons. The van der Waals surface area contributed by atoms with E-state index in [0.29, 0.717) is 22.0 Å². The van der Waals surface area contributed by atoms with E-state index >= 15 is 0 Å². The van der Waals surface area contributed by atoms with E-state index < -0.39 is 5.97 Å². The minimum absolute atomic E-state index is 0.327. The minimum Gasteiger partial charge on any atom is -0.465 e. The lowest BCUT2D eigenvalue weighted by atomic mass is 10.1. The summed E-state index contributed by atoms with van der Waals surface area (Å²) in [6, 6.07) is 3.17. The van der Waals surface area contributed by atoms with Crippen molar-refractivity contribution in [1.29, 1.82) is 0 Å². The maximum atomic E-state index is 11.9. The lowest BCUT2D eigenvalue weighted by Crippen LogP contribution is -2.11. The van der Waals surface area contributed by atoms with Gasteiger partial charge in [0, 0.05) is 24.5 Å². The molecule has 0 aliphatic rings. The summed E-state index contributed by atoms with van der Waals surface area (Å²) in [7, 11) is 1.32. The van der Waals surface area contributed by atoms with Crippen LogP contribution < -0.4 is 5.73 Å². The van der Waals surface area contributed by atoms with Crippen molar-refractivity contribution in [2.45, 2.75) is 19.8 Å². The number of carbonyl (C=O) groups is 1. The molecule has 0 saturated carbocycles. The van der Waals surface area contributed by atoms with Gasteiger partial charge in [-0.15, -0.1) is 0 Å². The Morgan fingerprint density at radius 1 is 1.50 bits per heavy atom. The van der Waals surface area contributed by atoms with Crippen LogP contribution >= 0.6 is 11.6 Å². The molecule has 6 heteroatoms. The minimum atomic E-state index is -0.481. The third-order valence-corrected chi connectivity index (χ3v) is 3.21. The molecule has 0 atom stereocenters. The van der Waals surface area contributed by atoms with Crippen LogP contribution in [0.15, 0.2) is 24.5 Å². The lowest BCUT2D eigenvalue weighted by molar-refractivity contribution is 0.0601. The van der Waals surface area contributed by atoms with E-state index in [2.05, 4.69) is 11.9 Å². The van der Waals surface area contributed by atoms with Crippen LogP contribution in [0.2, 0.25) is 5.02 Å². The molecule has 2 rings (SSSR count). The zero-order chi connectivity index (χ0) is 14.7. The van der Waals surface area contributed by atoms with Crippen molar-refractivity contribution < 1.29 is 9.53 Å². The van der Waals surface area contributed by atoms with Crippen molar-refractivity contribution in [3.8, 4) is 5.69 Å². The Morgan fingerprint density at radius 3 is 2.90 bits per heavy atom. The number of ether oxygens (including phenoxy) is 1. The molecule has 0 spiro atoms. The van der Waals surface area contributed by atoms with Crippen molar-refractivity contribution in [3.63, 3.8) is 0 Å². The second-order valence-corrected chi connectivity index (χ2v) is 4.76. The van der Waals surface area contributed by atoms with Crippen LogP contribution in [0.5, 0.6) is 0 Å². The van der Waals surface area contributed by atoms with Crippen LogP contribution in [0.3, 0.4) is 0 Å². The number of hydrogen-bond acceptors (Lipinski definition) is 4. The van der Waals surface area contributed by atoms with Crippen molar-refractivity contribution in [2.24, 2.45) is 0 Å². The highest BCUT2D eigenvalue weighted by atomic mass is 35.5. The van der Waals surface area contributed by atoms with Gasteiger partial charge in [0.05, 0.1) is 23.4 Å². The monoisotopic (exact) mass is 293 g/mol. The average Bonchev–Trinajstić information content (AvgIpc) is 2.85. The van der Waals surface area contributed by atoms with Crippen LogP contribution in [0.1, 0.15) is 29.5 Å². The van der Waals surface area contributed by atoms with Gasteiger partial charge in [-0.1, -0.05) is 18.5 Å². The van der Waals surface area contributed by atoms with Gasteiger partial charge >= 0.3 is 5.97 Å². The highest BCUT2D eigenvalue weighted by Gasteiger charge is 2.19. The Bertz CT molecular complexity index is 637. The quantitative estimate of drug-likeness (QED) is 0.695. The molecular weight excluding hydrogens is 278 g/mol. The fourth-order valence-corrected chi connectivity index (χ4v) is 2.40. The zero-order valence-corrected chi connectivity index (χ0v) is 12.1. The van der Waals surface area contributed by atoms with E-state index in [9.17, 15) is 4.79 Å². The molecule has 0 fully saturated rings. The summed E-state index contributed by atoms with van der Waals surface area (Å²) in [5.41, 5.74) is 7.04. The predicted molar refractivity (Wildman–Crippen MR) is 78.3 cm³/mol. The number of benzene rings is 1. The Balaban J connectivity index is 2.66. The standard InChI is InChI=1S/C14H16ClN3O2/c1-3-4-12-17-5-6-18(12)13-10(14(19)20-2)7-9(16)8-11(13)15/h5-8H,3-4,16H2,1-2H3. The van der Waals surface area contributed by atoms with E-state index in [-0.39, 0.29) is 0 Å². The highest BCUT2D eigenvalue weighted by Crippen LogP contribution is 2.29. The second kappa shape index (κ2) is 5.96. The van der Waals surface area contributed by atoms with Crippen molar-refractivity contribution in [3.05, 3.63) is 40.9 Å². The number of rotatable bonds is 4. The molecule has 1 heterocycles. The van der Waals surface area contributed by atoms with Gasteiger partial charge in [0.2, 0.25) is 0 Å². The van der Waals surface area contributed by atoms with Gasteiger partial charge in [-0.25, -0.2) is 9.78 Å². The highest BCUT2D eigenvalue weighted by molar-refractivity contribution is 6.33. The van der Waals surface area contributed by atoms with Crippen LogP contribution in [-0.4, -0.2) is 22.6 Å². The topological polar surface area (TPSA) is 70.1 Å². The Labute approximate surface area is 122 Å². The first-order valence-electron chi connectivity index (χ1n) is 6.28. The van der Waals surface area contributed by atoms with Crippen LogP contribution in [0, 0.1) is 0 Å². The number of aryl methyl sites for hydroxylation is 1. The molecule has 1 aromatic heterocycles. The van der Waals surface area contributed by atoms with Gasteiger partial charge in [-0.2, -0.15) is 0 Å². The first kappa shape index (κ1) is 14.4. The molecule has 5 nitrogen and oxygen atoms in total. The zero-order valence-electron chi connectivity index (χ0n) is 11.4. The maximum absolute atomic E-state index is 11.9. The molecule has 0 radical (unpaired) electrons. The van der Waals surface area contributed by atoms with Crippen LogP contribution in [0.25, 0.3) is 5.69 Å². The fraction of sp³-hybridized carbons (Fsp3) is 0.286. The normalized spacial score (nSPS) is 10.6. The van der Waals surface area contributed by atoms with Crippen molar-refractivity contribution in [2.75, 3.05) is 12.8 Å². The number of imidazole rings is 1. The average molecular weight is 294 g/mol. The molecule has 0 aliphatic heterocycles. The van der Waals surface area contributed by atoms with Gasteiger partial charge < -0.3 is 15.0 Å². The van der Waals surface area contributed by atoms with E-state index in [1.165, 1.54) is 7.11 Å². The van der Waals surface area contributed by atoms with E-state index in [1.54, 1.807) is 29.1 Å². The van der Waals surface area contributed by atoms with Crippen molar-refractivity contribution >= 4 is 23.3 Å². The van der Waals surface area contributed by atoms with Crippen LogP contribution in [-0.2, 0) is 11.2 Å². The summed E-state index contributed by atoms with van der Waals surface area (Å²) in [4.78, 5) is 16.2. The van der Waals surface area contributed by atoms with Gasteiger partial charge in [-0.3, -0.25) is 0 Å². The number of carbonyl (C=O) groups excluding carboxylic acids is 1. The summed E-state index contributed by atoms with van der Waals surface area (Å²) < 4.78 is 6.60. The fourth-order valence-electron chi connectivity index (χ4n) is 2.08. The number of anilines is 1.